The molecule has 0 saturated carbocycles. The summed E-state index contributed by atoms with van der Waals surface area (Å²) in [4.78, 5) is 57.5. The van der Waals surface area contributed by atoms with Crippen molar-refractivity contribution in [3.05, 3.63) is 76.9 Å². The third-order valence-corrected chi connectivity index (χ3v) is 11.6. The van der Waals surface area contributed by atoms with E-state index in [0.717, 1.165) is 10.5 Å². The van der Waals surface area contributed by atoms with Crippen LogP contribution in [0.4, 0.5) is 0 Å². The second-order valence-corrected chi connectivity index (χ2v) is 14.0. The van der Waals surface area contributed by atoms with Crippen molar-refractivity contribution >= 4 is 23.8 Å². The molecule has 9 rings (SSSR count). The summed E-state index contributed by atoms with van der Waals surface area (Å²) in [6, 6.07) is 15.1. The highest BCUT2D eigenvalue weighted by Gasteiger charge is 2.64. The zero-order valence-corrected chi connectivity index (χ0v) is 28.8. The molecule has 3 aromatic carbocycles. The number of amides is 2. The van der Waals surface area contributed by atoms with Crippen molar-refractivity contribution < 1.29 is 57.1 Å². The first kappa shape index (κ1) is 32.6. The molecule has 5 unspecified atom stereocenters. The quantitative estimate of drug-likeness (QED) is 0.236. The topological polar surface area (TPSA) is 145 Å². The fourth-order valence-corrected chi connectivity index (χ4v) is 9.31. The third kappa shape index (κ3) is 4.85. The molecule has 3 aromatic rings. The summed E-state index contributed by atoms with van der Waals surface area (Å²) < 4.78 is 46.6. The van der Waals surface area contributed by atoms with Gasteiger partial charge in [0.15, 0.2) is 23.0 Å². The van der Waals surface area contributed by atoms with Crippen LogP contribution < -0.4 is 23.7 Å². The second kappa shape index (κ2) is 12.4. The molecule has 0 spiro atoms. The molecule has 4 saturated heterocycles. The molecular weight excluding hydrogens is 674 g/mol. The Morgan fingerprint density at radius 2 is 1.44 bits per heavy atom. The Kier molecular flexibility index (Phi) is 7.79. The van der Waals surface area contributed by atoms with Crippen molar-refractivity contribution in [1.29, 1.82) is 0 Å². The molecule has 4 fully saturated rings. The number of nitrogens with zero attached hydrogens (tertiary/aromatic N) is 1. The summed E-state index contributed by atoms with van der Waals surface area (Å²) >= 11 is 0. The van der Waals surface area contributed by atoms with Gasteiger partial charge in [0.05, 0.1) is 57.9 Å². The monoisotopic (exact) mass is 711 g/mol. The highest BCUT2D eigenvalue weighted by molar-refractivity contribution is 6.09. The van der Waals surface area contributed by atoms with Crippen molar-refractivity contribution in [3.63, 3.8) is 0 Å². The lowest BCUT2D eigenvalue weighted by atomic mass is 9.66. The highest BCUT2D eigenvalue weighted by Crippen LogP contribution is 2.57. The van der Waals surface area contributed by atoms with E-state index in [1.54, 1.807) is 24.3 Å². The molecule has 5 aliphatic heterocycles. The van der Waals surface area contributed by atoms with E-state index < -0.39 is 65.5 Å². The number of benzene rings is 3. The number of imide groups is 1. The van der Waals surface area contributed by atoms with E-state index in [2.05, 4.69) is 0 Å². The van der Waals surface area contributed by atoms with Gasteiger partial charge in [-0.15, -0.1) is 0 Å². The van der Waals surface area contributed by atoms with Gasteiger partial charge in [0.1, 0.15) is 12.1 Å². The number of likely N-dealkylation sites (tertiary alicyclic amines) is 1. The van der Waals surface area contributed by atoms with Gasteiger partial charge in [0.25, 0.3) is 0 Å². The molecule has 52 heavy (non-hydrogen) atoms. The Bertz CT molecular complexity index is 1930. The van der Waals surface area contributed by atoms with Crippen LogP contribution in [0.15, 0.2) is 54.6 Å². The molecule has 0 N–H and O–H groups in total. The van der Waals surface area contributed by atoms with Gasteiger partial charge < -0.3 is 37.9 Å². The Balaban J connectivity index is 1.13. The Morgan fingerprint density at radius 3 is 2.06 bits per heavy atom. The number of hydrogen-bond donors (Lipinski definition) is 0. The molecule has 1 aliphatic carbocycles. The highest BCUT2D eigenvalue weighted by atomic mass is 16.7. The van der Waals surface area contributed by atoms with E-state index >= 15 is 0 Å². The lowest BCUT2D eigenvalue weighted by Gasteiger charge is -2.39. The number of hydrogen-bond acceptors (Lipinski definition) is 12. The van der Waals surface area contributed by atoms with Gasteiger partial charge in [-0.05, 0) is 53.8 Å². The first-order chi connectivity index (χ1) is 25.3. The lowest BCUT2D eigenvalue weighted by Crippen LogP contribution is -2.49. The summed E-state index contributed by atoms with van der Waals surface area (Å²) in [5, 5.41) is 0. The summed E-state index contributed by atoms with van der Waals surface area (Å²) in [7, 11) is 4.55. The lowest BCUT2D eigenvalue weighted by molar-refractivity contribution is -0.167. The zero-order chi connectivity index (χ0) is 35.8. The Hall–Kier alpha value is -5.30. The van der Waals surface area contributed by atoms with E-state index in [9.17, 15) is 19.2 Å². The predicted octanol–water partition coefficient (Wildman–Crippen LogP) is 3.73. The molecule has 2 amide bonds. The van der Waals surface area contributed by atoms with Crippen molar-refractivity contribution in [3.8, 4) is 28.7 Å². The molecule has 13 heteroatoms. The molecule has 2 bridgehead atoms. The van der Waals surface area contributed by atoms with Gasteiger partial charge in [0, 0.05) is 23.8 Å². The Labute approximate surface area is 298 Å². The van der Waals surface area contributed by atoms with Crippen LogP contribution in [0.25, 0.3) is 0 Å². The third-order valence-electron chi connectivity index (χ3n) is 11.6. The zero-order valence-electron chi connectivity index (χ0n) is 28.8. The van der Waals surface area contributed by atoms with Crippen LogP contribution in [-0.2, 0) is 39.8 Å². The van der Waals surface area contributed by atoms with Gasteiger partial charge in [-0.25, -0.2) is 4.79 Å². The standard InChI is InChI=1S/C39H37NO12/c1-45-28-12-19(13-29(46-2)35(28)47-3)30-20-14-26-27(50-17-49-26)15-21(20)34(22-16-48-39(44)31(22)30)52-38(43)23(11-18-7-5-4-6-8-18)40-36(41)32-24-9-10-25(51-24)33(32)37(40)42/h4-8,12-15,22-25,30-34H,9-11,16-17H2,1-3H3/t22-,23-,24?,25?,30?,31-,32?,33?,34-/m0/s1. The van der Waals surface area contributed by atoms with Gasteiger partial charge in [0.2, 0.25) is 24.4 Å². The van der Waals surface area contributed by atoms with Crippen molar-refractivity contribution in [2.75, 3.05) is 34.7 Å². The number of methoxy groups -OCH3 is 3. The van der Waals surface area contributed by atoms with Gasteiger partial charge >= 0.3 is 11.9 Å². The molecule has 0 radical (unpaired) electrons. The van der Waals surface area contributed by atoms with Crippen LogP contribution in [-0.4, -0.2) is 81.6 Å². The first-order valence-electron chi connectivity index (χ1n) is 17.5. The average molecular weight is 712 g/mol. The van der Waals surface area contributed by atoms with Crippen LogP contribution in [0.5, 0.6) is 28.7 Å². The van der Waals surface area contributed by atoms with Crippen molar-refractivity contribution in [2.45, 2.75) is 49.5 Å². The molecule has 270 valence electrons. The smallest absolute Gasteiger partial charge is 0.330 e. The number of carbonyl (C=O) groups is 4. The molecule has 9 atom stereocenters. The molecule has 13 nitrogen and oxygen atoms in total. The minimum absolute atomic E-state index is 0.00119. The summed E-state index contributed by atoms with van der Waals surface area (Å²) in [5.74, 6) is -3.12. The van der Waals surface area contributed by atoms with Gasteiger partial charge in [-0.2, -0.15) is 0 Å². The minimum atomic E-state index is -1.24. The first-order valence-corrected chi connectivity index (χ1v) is 17.5. The summed E-state index contributed by atoms with van der Waals surface area (Å²) in [5.41, 5.74) is 2.70. The Morgan fingerprint density at radius 1 is 0.808 bits per heavy atom. The van der Waals surface area contributed by atoms with Crippen LogP contribution in [0.3, 0.4) is 0 Å². The fraction of sp³-hybridized carbons (Fsp3) is 0.436. The number of esters is 2. The maximum Gasteiger partial charge on any atom is 0.330 e. The maximum atomic E-state index is 14.7. The van der Waals surface area contributed by atoms with Gasteiger partial charge in [-0.3, -0.25) is 19.3 Å². The maximum absolute atomic E-state index is 14.7. The number of cyclic esters (lactones) is 1. The van der Waals surface area contributed by atoms with Crippen molar-refractivity contribution in [1.82, 2.24) is 4.90 Å². The summed E-state index contributed by atoms with van der Waals surface area (Å²) in [6.45, 7) is -0.0230. The molecular formula is C39H37NO12. The van der Waals surface area contributed by atoms with Gasteiger partial charge in [-0.1, -0.05) is 30.3 Å². The van der Waals surface area contributed by atoms with Crippen LogP contribution in [0.1, 0.15) is 47.1 Å². The van der Waals surface area contributed by atoms with E-state index in [4.69, 9.17) is 37.9 Å². The van der Waals surface area contributed by atoms with Crippen molar-refractivity contribution in [2.24, 2.45) is 23.7 Å². The number of rotatable bonds is 9. The van der Waals surface area contributed by atoms with E-state index in [1.165, 1.54) is 21.3 Å². The normalized spacial score (nSPS) is 29.7. The van der Waals surface area contributed by atoms with Crippen LogP contribution in [0, 0.1) is 23.7 Å². The largest absolute Gasteiger partial charge is 0.493 e. The van der Waals surface area contributed by atoms with Crippen LogP contribution in [0.2, 0.25) is 0 Å². The number of ether oxygens (including phenoxy) is 8. The number of carbonyl (C=O) groups excluding carboxylic acids is 4. The van der Waals surface area contributed by atoms with E-state index in [1.807, 2.05) is 30.3 Å². The molecule has 5 heterocycles. The van der Waals surface area contributed by atoms with Crippen LogP contribution >= 0.6 is 0 Å². The SMILES string of the molecule is COc1cc(C2c3cc4c(cc3[C@H](OC(=O)[C@H](Cc3ccccc3)N3C(=O)C5C6CCC(O6)C5C3=O)[C@H]3COC(=O)[C@H]23)OCO4)cc(OC)c1OC. The van der Waals surface area contributed by atoms with E-state index in [-0.39, 0.29) is 32.0 Å². The minimum Gasteiger partial charge on any atom is -0.493 e. The predicted molar refractivity (Wildman–Crippen MR) is 178 cm³/mol. The molecule has 0 aromatic heterocycles. The fourth-order valence-electron chi connectivity index (χ4n) is 9.31. The average Bonchev–Trinajstić information content (AvgIpc) is 4.00. The molecule has 6 aliphatic rings. The second-order valence-electron chi connectivity index (χ2n) is 14.0. The summed E-state index contributed by atoms with van der Waals surface area (Å²) in [6.07, 6.45) is -0.206. The van der Waals surface area contributed by atoms with E-state index in [0.29, 0.717) is 58.3 Å². The number of fused-ring (bicyclic) bond motifs is 8.